The van der Waals surface area contributed by atoms with Crippen molar-refractivity contribution in [3.05, 3.63) is 29.3 Å². The van der Waals surface area contributed by atoms with E-state index in [2.05, 4.69) is 24.8 Å². The van der Waals surface area contributed by atoms with E-state index < -0.39 is 16.7 Å². The number of carbonyl (C=O) groups is 1. The van der Waals surface area contributed by atoms with E-state index in [0.29, 0.717) is 29.4 Å². The third-order valence-electron chi connectivity index (χ3n) is 14.0. The van der Waals surface area contributed by atoms with Gasteiger partial charge in [0.05, 0.1) is 17.1 Å². The Kier molecular flexibility index (Phi) is 5.76. The van der Waals surface area contributed by atoms with Crippen LogP contribution in [0.5, 0.6) is 5.75 Å². The summed E-state index contributed by atoms with van der Waals surface area (Å²) in [7, 11) is 0. The van der Waals surface area contributed by atoms with E-state index in [1.54, 1.807) is 0 Å². The minimum atomic E-state index is -0.696. The number of rotatable bonds is 2. The summed E-state index contributed by atoms with van der Waals surface area (Å²) in [6, 6.07) is 5.88. The number of ether oxygens (including phenoxy) is 1. The van der Waals surface area contributed by atoms with Gasteiger partial charge in [0.2, 0.25) is 0 Å². The van der Waals surface area contributed by atoms with Crippen LogP contribution < -0.4 is 5.73 Å². The molecule has 5 nitrogen and oxygen atoms in total. The van der Waals surface area contributed by atoms with Gasteiger partial charge in [0.1, 0.15) is 12.0 Å². The molecule has 1 aromatic carbocycles. The van der Waals surface area contributed by atoms with Gasteiger partial charge in [0.15, 0.2) is 0 Å². The third-order valence-corrected chi connectivity index (χ3v) is 14.0. The number of hydrogen-bond donors (Lipinski definition) is 3. The molecule has 220 valence electrons. The molecule has 9 rings (SSSR count). The number of aliphatic hydroxyl groups is 1. The molecule has 7 fully saturated rings. The Morgan fingerprint density at radius 1 is 1.12 bits per heavy atom. The zero-order valence-electron chi connectivity index (χ0n) is 24.7. The maximum absolute atomic E-state index is 12.8. The molecule has 2 heterocycles. The molecule has 1 aromatic rings. The zero-order valence-corrected chi connectivity index (χ0v) is 24.7. The molecule has 0 aromatic heterocycles. The first-order valence-electron chi connectivity index (χ1n) is 16.5. The number of aldehydes is 1. The van der Waals surface area contributed by atoms with Crippen LogP contribution in [0.25, 0.3) is 0 Å². The van der Waals surface area contributed by atoms with Gasteiger partial charge < -0.3 is 25.5 Å². The maximum Gasteiger partial charge on any atom is 0.123 e. The standard InChI is InChI=1S/C36H47NO4/c1-32-13-9-26(20-38)34-14-10-27(21-39)36(37,31(32)34)30-6-4-5-24-17-29(40)8-7-25(24)15-23-16-28(35(30,22-34)41-32)19-33(18-23)11-2-3-12-33/h7-8,17,20,23,26-28,30-31,39-40H,2-3,5,9-16,18-19,21-22,37H2,1H3. The van der Waals surface area contributed by atoms with Gasteiger partial charge in [0, 0.05) is 36.3 Å². The largest absolute Gasteiger partial charge is 0.508 e. The van der Waals surface area contributed by atoms with E-state index in [1.165, 1.54) is 50.4 Å². The van der Waals surface area contributed by atoms with E-state index in [4.69, 9.17) is 10.5 Å². The minimum Gasteiger partial charge on any atom is -0.508 e. The third kappa shape index (κ3) is 3.45. The van der Waals surface area contributed by atoms with Crippen LogP contribution >= 0.6 is 0 Å². The van der Waals surface area contributed by atoms with Crippen LogP contribution in [-0.4, -0.2) is 39.8 Å². The van der Waals surface area contributed by atoms with Crippen LogP contribution in [0.3, 0.4) is 0 Å². The number of fused-ring (bicyclic) bond motifs is 3. The summed E-state index contributed by atoms with van der Waals surface area (Å²) in [6.07, 6.45) is 16.0. The van der Waals surface area contributed by atoms with Crippen molar-refractivity contribution in [3.8, 4) is 17.6 Å². The number of aliphatic hydroxyl groups excluding tert-OH is 1. The van der Waals surface area contributed by atoms with Gasteiger partial charge in [0.25, 0.3) is 0 Å². The van der Waals surface area contributed by atoms with Crippen molar-refractivity contribution in [2.75, 3.05) is 6.61 Å². The summed E-state index contributed by atoms with van der Waals surface area (Å²) in [6.45, 7) is 2.36. The predicted molar refractivity (Wildman–Crippen MR) is 157 cm³/mol. The summed E-state index contributed by atoms with van der Waals surface area (Å²) in [4.78, 5) is 12.8. The zero-order chi connectivity index (χ0) is 28.3. The highest BCUT2D eigenvalue weighted by Gasteiger charge is 2.81. The number of hydrogen-bond acceptors (Lipinski definition) is 5. The van der Waals surface area contributed by atoms with Gasteiger partial charge in [-0.25, -0.2) is 0 Å². The molecule has 0 amide bonds. The van der Waals surface area contributed by atoms with E-state index >= 15 is 0 Å². The first kappa shape index (κ1) is 26.7. The summed E-state index contributed by atoms with van der Waals surface area (Å²) in [5, 5.41) is 21.3. The van der Waals surface area contributed by atoms with Gasteiger partial charge in [-0.2, -0.15) is 0 Å². The first-order chi connectivity index (χ1) is 19.7. The van der Waals surface area contributed by atoms with Crippen LogP contribution in [0.4, 0.5) is 0 Å². The Bertz CT molecular complexity index is 1320. The van der Waals surface area contributed by atoms with Crippen molar-refractivity contribution in [3.63, 3.8) is 0 Å². The van der Waals surface area contributed by atoms with Gasteiger partial charge >= 0.3 is 0 Å². The van der Waals surface area contributed by atoms with E-state index in [-0.39, 0.29) is 35.7 Å². The maximum atomic E-state index is 12.8. The normalized spacial score (nSPS) is 48.8. The van der Waals surface area contributed by atoms with Crippen LogP contribution in [0.1, 0.15) is 95.1 Å². The second-order valence-corrected chi connectivity index (χ2v) is 15.9. The Morgan fingerprint density at radius 2 is 1.95 bits per heavy atom. The molecule has 6 aliphatic carbocycles. The topological polar surface area (TPSA) is 92.8 Å². The number of aromatic hydroxyl groups is 1. The fraction of sp³-hybridized carbons (Fsp3) is 0.750. The SMILES string of the molecule is CC12CCC(C=O)C34CCC(CO)C(N)(C13)C1C#CCc3cc(O)ccc3CC3CC(CC5(CCCC5)C3)C1(C4)O2. The molecular formula is C36H47NO4. The molecule has 5 saturated carbocycles. The van der Waals surface area contributed by atoms with Gasteiger partial charge in [-0.05, 0) is 123 Å². The summed E-state index contributed by atoms with van der Waals surface area (Å²) in [5.41, 5.74) is 8.88. The van der Waals surface area contributed by atoms with Crippen LogP contribution in [0.2, 0.25) is 0 Å². The van der Waals surface area contributed by atoms with Crippen molar-refractivity contribution in [1.82, 2.24) is 0 Å². The molecule has 41 heavy (non-hydrogen) atoms. The fourth-order valence-electron chi connectivity index (χ4n) is 12.9. The molecule has 2 aliphatic heterocycles. The smallest absolute Gasteiger partial charge is 0.123 e. The van der Waals surface area contributed by atoms with Crippen molar-refractivity contribution in [2.24, 2.45) is 52.1 Å². The van der Waals surface area contributed by atoms with Crippen LogP contribution in [-0.2, 0) is 22.4 Å². The van der Waals surface area contributed by atoms with E-state index in [9.17, 15) is 15.0 Å². The number of phenolic OH excluding ortho intramolecular Hbond substituents is 1. The monoisotopic (exact) mass is 557 g/mol. The Labute approximate surface area is 245 Å². The fourth-order valence-corrected chi connectivity index (χ4v) is 12.9. The molecule has 10 atom stereocenters. The molecule has 0 radical (unpaired) electrons. The molecule has 5 heteroatoms. The number of nitrogens with two attached hydrogens (primary N) is 1. The second kappa shape index (κ2) is 8.84. The lowest BCUT2D eigenvalue weighted by Crippen LogP contribution is -2.87. The molecule has 2 saturated heterocycles. The number of carbonyl (C=O) groups excluding carboxylic acids is 1. The second-order valence-electron chi connectivity index (χ2n) is 15.9. The summed E-state index contributed by atoms with van der Waals surface area (Å²) in [5.74, 6) is 8.36. The molecule has 4 N–H and O–H groups in total. The molecular weight excluding hydrogens is 510 g/mol. The minimum absolute atomic E-state index is 0.00284. The predicted octanol–water partition coefficient (Wildman–Crippen LogP) is 5.33. The number of phenols is 1. The van der Waals surface area contributed by atoms with Gasteiger partial charge in [-0.1, -0.05) is 30.7 Å². The van der Waals surface area contributed by atoms with Crippen molar-refractivity contribution in [2.45, 2.75) is 114 Å². The first-order valence-corrected chi connectivity index (χ1v) is 16.5. The highest BCUT2D eigenvalue weighted by atomic mass is 16.5. The average Bonchev–Trinajstić information content (AvgIpc) is 3.37. The Balaban J connectivity index is 1.36. The van der Waals surface area contributed by atoms with Gasteiger partial charge in [-0.3, -0.25) is 0 Å². The lowest BCUT2D eigenvalue weighted by atomic mass is 9.31. The molecule has 8 aliphatic rings. The number of benzene rings is 1. The summed E-state index contributed by atoms with van der Waals surface area (Å²) < 4.78 is 7.65. The van der Waals surface area contributed by atoms with E-state index in [1.807, 2.05) is 12.1 Å². The molecule has 7 bridgehead atoms. The molecule has 2 spiro atoms. The highest BCUT2D eigenvalue weighted by molar-refractivity contribution is 5.58. The highest BCUT2D eigenvalue weighted by Crippen LogP contribution is 2.77. The lowest BCUT2D eigenvalue weighted by Gasteiger charge is -2.80. The lowest BCUT2D eigenvalue weighted by molar-refractivity contribution is -0.389. The summed E-state index contributed by atoms with van der Waals surface area (Å²) >= 11 is 0. The Morgan fingerprint density at radius 3 is 2.73 bits per heavy atom. The van der Waals surface area contributed by atoms with Crippen molar-refractivity contribution >= 4 is 6.29 Å². The van der Waals surface area contributed by atoms with Gasteiger partial charge in [-0.15, -0.1) is 0 Å². The molecule has 10 unspecified atom stereocenters. The van der Waals surface area contributed by atoms with E-state index in [0.717, 1.165) is 50.5 Å². The quantitative estimate of drug-likeness (QED) is 0.338. The average molecular weight is 558 g/mol. The van der Waals surface area contributed by atoms with Crippen molar-refractivity contribution < 1.29 is 19.7 Å². The Hall–Kier alpha value is -1.87. The van der Waals surface area contributed by atoms with Crippen LogP contribution in [0.15, 0.2) is 18.2 Å². The van der Waals surface area contributed by atoms with Crippen LogP contribution in [0, 0.1) is 58.2 Å². The van der Waals surface area contributed by atoms with Crippen molar-refractivity contribution in [1.29, 1.82) is 0 Å².